The fraction of sp³-hybridized carbons (Fsp3) is 0.450. The van der Waals surface area contributed by atoms with Gasteiger partial charge in [-0.1, -0.05) is 12.1 Å². The zero-order valence-electron chi connectivity index (χ0n) is 17.8. The Bertz CT molecular complexity index is 872. The van der Waals surface area contributed by atoms with Gasteiger partial charge in [-0.3, -0.25) is 0 Å². The molecular formula is C20H29IN4O4S. The summed E-state index contributed by atoms with van der Waals surface area (Å²) in [6.07, 6.45) is 0. The van der Waals surface area contributed by atoms with Crippen molar-refractivity contribution in [2.75, 3.05) is 20.3 Å². The molecule has 0 amide bonds. The Balaban J connectivity index is 0.00000450. The summed E-state index contributed by atoms with van der Waals surface area (Å²) in [5.74, 6) is 0.717. The molecule has 0 aliphatic rings. The highest BCUT2D eigenvalue weighted by molar-refractivity contribution is 14.0. The van der Waals surface area contributed by atoms with Crippen LogP contribution >= 0.6 is 35.3 Å². The second-order valence-corrected chi connectivity index (χ2v) is 7.25. The molecular weight excluding hydrogens is 519 g/mol. The van der Waals surface area contributed by atoms with E-state index in [2.05, 4.69) is 20.6 Å². The number of aromatic nitrogens is 1. The van der Waals surface area contributed by atoms with Gasteiger partial charge in [0.25, 0.3) is 0 Å². The van der Waals surface area contributed by atoms with Gasteiger partial charge in [0.05, 0.1) is 32.0 Å². The maximum absolute atomic E-state index is 12.0. The molecule has 0 spiro atoms. The van der Waals surface area contributed by atoms with Crippen LogP contribution in [0.3, 0.4) is 0 Å². The van der Waals surface area contributed by atoms with E-state index in [1.165, 1.54) is 18.4 Å². The molecule has 0 bridgehead atoms. The first-order chi connectivity index (χ1) is 13.9. The number of ether oxygens (including phenoxy) is 2. The van der Waals surface area contributed by atoms with E-state index >= 15 is 0 Å². The second kappa shape index (κ2) is 12.6. The normalized spacial score (nSPS) is 12.0. The van der Waals surface area contributed by atoms with E-state index in [9.17, 15) is 9.90 Å². The van der Waals surface area contributed by atoms with Crippen LogP contribution in [0.15, 0.2) is 23.2 Å². The number of guanidine groups is 1. The number of aliphatic imine (C=N–C) groups is 1. The molecule has 1 atom stereocenters. The molecule has 1 aromatic heterocycles. The number of nitrogens with one attached hydrogen (secondary N) is 2. The number of benzene rings is 1. The molecule has 0 aliphatic heterocycles. The number of para-hydroxylation sites is 1. The summed E-state index contributed by atoms with van der Waals surface area (Å²) in [5, 5.41) is 17.5. The quantitative estimate of drug-likeness (QED) is 0.200. The van der Waals surface area contributed by atoms with E-state index in [0.29, 0.717) is 41.0 Å². The molecule has 1 heterocycles. The molecule has 166 valence electrons. The van der Waals surface area contributed by atoms with Crippen molar-refractivity contribution in [2.24, 2.45) is 4.99 Å². The number of thiazole rings is 1. The molecule has 0 aliphatic carbocycles. The summed E-state index contributed by atoms with van der Waals surface area (Å²) in [6, 6.07) is 5.13. The van der Waals surface area contributed by atoms with E-state index in [1.54, 1.807) is 26.0 Å². The number of esters is 1. The third-order valence-corrected chi connectivity index (χ3v) is 5.37. The van der Waals surface area contributed by atoms with Gasteiger partial charge >= 0.3 is 5.97 Å². The first-order valence-corrected chi connectivity index (χ1v) is 10.3. The number of carbonyl (C=O) groups is 1. The predicted molar refractivity (Wildman–Crippen MR) is 129 cm³/mol. The van der Waals surface area contributed by atoms with E-state index in [-0.39, 0.29) is 48.3 Å². The minimum atomic E-state index is -0.352. The molecule has 3 N–H and O–H groups in total. The Morgan fingerprint density at radius 3 is 2.73 bits per heavy atom. The Labute approximate surface area is 198 Å². The number of aromatic hydroxyl groups is 1. The number of hydrogen-bond acceptors (Lipinski definition) is 7. The maximum atomic E-state index is 12.0. The van der Waals surface area contributed by atoms with Gasteiger partial charge in [0.2, 0.25) is 0 Å². The van der Waals surface area contributed by atoms with Gasteiger partial charge in [-0.05, 0) is 33.8 Å². The minimum absolute atomic E-state index is 0. The van der Waals surface area contributed by atoms with Crippen molar-refractivity contribution in [1.82, 2.24) is 15.6 Å². The second-order valence-electron chi connectivity index (χ2n) is 6.22. The summed E-state index contributed by atoms with van der Waals surface area (Å²) < 4.78 is 10.2. The zero-order valence-corrected chi connectivity index (χ0v) is 21.0. The number of methoxy groups -OCH3 is 1. The van der Waals surface area contributed by atoms with E-state index in [4.69, 9.17) is 9.47 Å². The van der Waals surface area contributed by atoms with Gasteiger partial charge in [-0.15, -0.1) is 35.3 Å². The topological polar surface area (TPSA) is 105 Å². The third kappa shape index (κ3) is 6.73. The summed E-state index contributed by atoms with van der Waals surface area (Å²) in [7, 11) is 1.51. The zero-order chi connectivity index (χ0) is 21.4. The molecule has 2 aromatic rings. The van der Waals surface area contributed by atoms with Crippen LogP contribution in [0.5, 0.6) is 11.5 Å². The van der Waals surface area contributed by atoms with E-state index in [1.807, 2.05) is 19.9 Å². The van der Waals surface area contributed by atoms with Crippen LogP contribution in [-0.2, 0) is 11.3 Å². The average Bonchev–Trinajstić information content (AvgIpc) is 3.09. The van der Waals surface area contributed by atoms with E-state index in [0.717, 1.165) is 5.01 Å². The first kappa shape index (κ1) is 26.0. The van der Waals surface area contributed by atoms with Gasteiger partial charge in [0.1, 0.15) is 9.88 Å². The van der Waals surface area contributed by atoms with Gasteiger partial charge in [-0.2, -0.15) is 0 Å². The Hall–Kier alpha value is -2.08. The molecule has 1 aromatic carbocycles. The van der Waals surface area contributed by atoms with Crippen LogP contribution in [0.25, 0.3) is 0 Å². The number of phenols is 1. The Kier molecular flexibility index (Phi) is 10.9. The van der Waals surface area contributed by atoms with Gasteiger partial charge in [0.15, 0.2) is 17.5 Å². The van der Waals surface area contributed by atoms with Crippen LogP contribution < -0.4 is 15.4 Å². The third-order valence-electron chi connectivity index (χ3n) is 4.05. The molecule has 0 fully saturated rings. The highest BCUT2D eigenvalue weighted by atomic mass is 127. The van der Waals surface area contributed by atoms with Crippen LogP contribution in [0.2, 0.25) is 0 Å². The number of hydrogen-bond donors (Lipinski definition) is 3. The van der Waals surface area contributed by atoms with Crippen molar-refractivity contribution in [3.63, 3.8) is 0 Å². The van der Waals surface area contributed by atoms with Crippen molar-refractivity contribution in [1.29, 1.82) is 0 Å². The summed E-state index contributed by atoms with van der Waals surface area (Å²) in [5.41, 5.74) is 1.31. The van der Waals surface area contributed by atoms with Gasteiger partial charge < -0.3 is 25.2 Å². The number of halogens is 1. The summed E-state index contributed by atoms with van der Waals surface area (Å²) in [6.45, 7) is 8.76. The largest absolute Gasteiger partial charge is 0.504 e. The van der Waals surface area contributed by atoms with Crippen molar-refractivity contribution in [2.45, 2.75) is 40.3 Å². The summed E-state index contributed by atoms with van der Waals surface area (Å²) in [4.78, 5) is 21.6. The Morgan fingerprint density at radius 1 is 1.37 bits per heavy atom. The van der Waals surface area contributed by atoms with Crippen LogP contribution in [0, 0.1) is 6.92 Å². The number of nitrogens with zero attached hydrogens (tertiary/aromatic N) is 2. The highest BCUT2D eigenvalue weighted by Gasteiger charge is 2.20. The lowest BCUT2D eigenvalue weighted by Crippen LogP contribution is -2.38. The SMILES string of the molecule is CCNC(=NCc1cccc(OC)c1O)NC(C)c1nc(C)c(C(=O)OCC)s1.I. The molecule has 2 rings (SSSR count). The van der Waals surface area contributed by atoms with Crippen molar-refractivity contribution in [3.8, 4) is 11.5 Å². The molecule has 10 heteroatoms. The number of phenolic OH excluding ortho intramolecular Hbond substituents is 1. The standard InChI is InChI=1S/C20H28N4O4S.HI/c1-6-21-20(22-11-14-9-8-10-15(27-5)16(14)25)24-13(4)18-23-12(3)17(29-18)19(26)28-7-2;/h8-10,13,25H,6-7,11H2,1-5H3,(H2,21,22,24);1H. The van der Waals surface area contributed by atoms with Crippen LogP contribution in [0.1, 0.15) is 52.7 Å². The molecule has 1 unspecified atom stereocenters. The maximum Gasteiger partial charge on any atom is 0.350 e. The van der Waals surface area contributed by atoms with Gasteiger partial charge in [0, 0.05) is 12.1 Å². The molecule has 8 nitrogen and oxygen atoms in total. The fourth-order valence-corrected chi connectivity index (χ4v) is 3.56. The van der Waals surface area contributed by atoms with Gasteiger partial charge in [-0.25, -0.2) is 14.8 Å². The summed E-state index contributed by atoms with van der Waals surface area (Å²) >= 11 is 1.31. The lowest BCUT2D eigenvalue weighted by Gasteiger charge is -2.16. The molecule has 0 saturated heterocycles. The molecule has 0 saturated carbocycles. The highest BCUT2D eigenvalue weighted by Crippen LogP contribution is 2.30. The smallest absolute Gasteiger partial charge is 0.350 e. The fourth-order valence-electron chi connectivity index (χ4n) is 2.60. The van der Waals surface area contributed by atoms with Crippen molar-refractivity contribution in [3.05, 3.63) is 39.3 Å². The lowest BCUT2D eigenvalue weighted by atomic mass is 10.2. The molecule has 0 radical (unpaired) electrons. The van der Waals surface area contributed by atoms with Crippen molar-refractivity contribution >= 4 is 47.2 Å². The van der Waals surface area contributed by atoms with Crippen LogP contribution in [-0.4, -0.2) is 42.3 Å². The van der Waals surface area contributed by atoms with Crippen LogP contribution in [0.4, 0.5) is 0 Å². The average molecular weight is 548 g/mol. The monoisotopic (exact) mass is 548 g/mol. The number of rotatable bonds is 8. The molecule has 30 heavy (non-hydrogen) atoms. The minimum Gasteiger partial charge on any atom is -0.504 e. The number of aryl methyl sites for hydroxylation is 1. The van der Waals surface area contributed by atoms with Crippen molar-refractivity contribution < 1.29 is 19.4 Å². The van der Waals surface area contributed by atoms with E-state index < -0.39 is 0 Å². The first-order valence-electron chi connectivity index (χ1n) is 9.45. The predicted octanol–water partition coefficient (Wildman–Crippen LogP) is 3.78. The number of carbonyl (C=O) groups excluding carboxylic acids is 1. The Morgan fingerprint density at radius 2 is 2.10 bits per heavy atom. The lowest BCUT2D eigenvalue weighted by molar-refractivity contribution is 0.0531.